The number of halogens is 3. The van der Waals surface area contributed by atoms with Crippen LogP contribution in [0.3, 0.4) is 0 Å². The van der Waals surface area contributed by atoms with E-state index in [1.807, 2.05) is 0 Å². The van der Waals surface area contributed by atoms with Gasteiger partial charge in [-0.25, -0.2) is 13.8 Å². The molecule has 0 radical (unpaired) electrons. The van der Waals surface area contributed by atoms with Crippen LogP contribution in [0.15, 0.2) is 6.07 Å². The Bertz CT molecular complexity index is 426. The van der Waals surface area contributed by atoms with Crippen molar-refractivity contribution in [3.05, 3.63) is 23.0 Å². The zero-order valence-electron chi connectivity index (χ0n) is 8.91. The summed E-state index contributed by atoms with van der Waals surface area (Å²) in [5.74, 6) is -1.20. The molecule has 0 spiro atoms. The van der Waals surface area contributed by atoms with Crippen molar-refractivity contribution in [1.29, 1.82) is 0 Å². The molecule has 94 valence electrons. The van der Waals surface area contributed by atoms with Gasteiger partial charge < -0.3 is 9.84 Å². The van der Waals surface area contributed by atoms with Crippen LogP contribution >= 0.6 is 11.6 Å². The Balaban J connectivity index is 3.18. The number of aromatic nitrogens is 1. The highest BCUT2D eigenvalue weighted by Gasteiger charge is 2.20. The van der Waals surface area contributed by atoms with Gasteiger partial charge >= 0.3 is 5.97 Å². The molecule has 0 bridgehead atoms. The SMILES string of the molecule is COC(=O)Cc1cc(O)c(CCl)nc1C(F)F. The number of nitrogens with zero attached hydrogens (tertiary/aromatic N) is 1. The second-order valence-electron chi connectivity index (χ2n) is 3.19. The van der Waals surface area contributed by atoms with Gasteiger partial charge in [-0.2, -0.15) is 0 Å². The van der Waals surface area contributed by atoms with Gasteiger partial charge in [-0.3, -0.25) is 4.79 Å². The van der Waals surface area contributed by atoms with Gasteiger partial charge in [-0.1, -0.05) is 0 Å². The van der Waals surface area contributed by atoms with E-state index in [0.717, 1.165) is 13.2 Å². The molecule has 17 heavy (non-hydrogen) atoms. The molecule has 0 aliphatic heterocycles. The van der Waals surface area contributed by atoms with Gasteiger partial charge in [-0.05, 0) is 11.6 Å². The lowest BCUT2D eigenvalue weighted by Gasteiger charge is -2.10. The smallest absolute Gasteiger partial charge is 0.310 e. The van der Waals surface area contributed by atoms with Gasteiger partial charge in [0, 0.05) is 0 Å². The molecule has 1 aromatic heterocycles. The van der Waals surface area contributed by atoms with E-state index in [4.69, 9.17) is 11.6 Å². The molecule has 1 aromatic rings. The fourth-order valence-electron chi connectivity index (χ4n) is 1.25. The van der Waals surface area contributed by atoms with Crippen LogP contribution in [0.25, 0.3) is 0 Å². The van der Waals surface area contributed by atoms with Crippen molar-refractivity contribution >= 4 is 17.6 Å². The minimum Gasteiger partial charge on any atom is -0.506 e. The van der Waals surface area contributed by atoms with Crippen LogP contribution in [0.1, 0.15) is 23.4 Å². The number of rotatable bonds is 4. The molecule has 1 heterocycles. The van der Waals surface area contributed by atoms with Crippen LogP contribution in [0.4, 0.5) is 8.78 Å². The molecule has 0 unspecified atom stereocenters. The van der Waals surface area contributed by atoms with E-state index in [2.05, 4.69) is 9.72 Å². The Morgan fingerprint density at radius 3 is 2.76 bits per heavy atom. The maximum atomic E-state index is 12.7. The van der Waals surface area contributed by atoms with Crippen LogP contribution in [-0.2, 0) is 21.8 Å². The molecule has 0 aromatic carbocycles. The lowest BCUT2D eigenvalue weighted by Crippen LogP contribution is -2.09. The maximum Gasteiger partial charge on any atom is 0.310 e. The number of alkyl halides is 3. The third kappa shape index (κ3) is 3.26. The van der Waals surface area contributed by atoms with Crippen molar-refractivity contribution in [2.45, 2.75) is 18.7 Å². The Morgan fingerprint density at radius 1 is 1.65 bits per heavy atom. The lowest BCUT2D eigenvalue weighted by molar-refractivity contribution is -0.139. The molecular weight excluding hydrogens is 256 g/mol. The van der Waals surface area contributed by atoms with Crippen LogP contribution in [-0.4, -0.2) is 23.2 Å². The first-order valence-electron chi connectivity index (χ1n) is 4.62. The van der Waals surface area contributed by atoms with Crippen molar-refractivity contribution in [3.8, 4) is 5.75 Å². The Hall–Kier alpha value is -1.43. The number of hydrogen-bond acceptors (Lipinski definition) is 4. The van der Waals surface area contributed by atoms with Crippen molar-refractivity contribution in [2.24, 2.45) is 0 Å². The second kappa shape index (κ2) is 5.77. The zero-order valence-corrected chi connectivity index (χ0v) is 9.67. The molecular formula is C10H10ClF2NO3. The normalized spacial score (nSPS) is 10.6. The number of pyridine rings is 1. The summed E-state index contributed by atoms with van der Waals surface area (Å²) in [5.41, 5.74) is -0.683. The molecule has 7 heteroatoms. The quantitative estimate of drug-likeness (QED) is 0.670. The fourth-order valence-corrected chi connectivity index (χ4v) is 1.45. The van der Waals surface area contributed by atoms with Crippen molar-refractivity contribution in [1.82, 2.24) is 4.98 Å². The van der Waals surface area contributed by atoms with E-state index in [9.17, 15) is 18.7 Å². The first-order valence-corrected chi connectivity index (χ1v) is 5.15. The summed E-state index contributed by atoms with van der Waals surface area (Å²) in [6, 6.07) is 1.06. The number of hydrogen-bond donors (Lipinski definition) is 1. The summed E-state index contributed by atoms with van der Waals surface area (Å²) in [6.07, 6.45) is -3.23. The van der Waals surface area contributed by atoms with E-state index in [-0.39, 0.29) is 29.3 Å². The summed E-state index contributed by atoms with van der Waals surface area (Å²) >= 11 is 5.44. The molecule has 1 N–H and O–H groups in total. The number of methoxy groups -OCH3 is 1. The topological polar surface area (TPSA) is 59.4 Å². The van der Waals surface area contributed by atoms with Crippen molar-refractivity contribution in [3.63, 3.8) is 0 Å². The van der Waals surface area contributed by atoms with E-state index in [1.165, 1.54) is 0 Å². The molecule has 0 amide bonds. The van der Waals surface area contributed by atoms with Gasteiger partial charge in [0.15, 0.2) is 0 Å². The van der Waals surface area contributed by atoms with E-state index < -0.39 is 18.1 Å². The lowest BCUT2D eigenvalue weighted by atomic mass is 10.1. The minimum absolute atomic E-state index is 0.0458. The molecule has 0 atom stereocenters. The molecule has 0 saturated carbocycles. The molecule has 0 aliphatic rings. The standard InChI is InChI=1S/C10H10ClF2NO3/c1-17-8(16)3-5-2-7(15)6(4-11)14-9(5)10(12)13/h2,10,15H,3-4H2,1H3. The van der Waals surface area contributed by atoms with E-state index in [1.54, 1.807) is 0 Å². The van der Waals surface area contributed by atoms with Crippen molar-refractivity contribution < 1.29 is 23.4 Å². The summed E-state index contributed by atoms with van der Waals surface area (Å²) in [5, 5.41) is 9.44. The number of esters is 1. The van der Waals surface area contributed by atoms with Crippen molar-refractivity contribution in [2.75, 3.05) is 7.11 Å². The summed E-state index contributed by atoms with van der Waals surface area (Å²) in [7, 11) is 1.14. The largest absolute Gasteiger partial charge is 0.506 e. The third-order valence-corrected chi connectivity index (χ3v) is 2.34. The van der Waals surface area contributed by atoms with Crippen LogP contribution in [0, 0.1) is 0 Å². The monoisotopic (exact) mass is 265 g/mol. The Kier molecular flexibility index (Phi) is 4.62. The molecule has 0 saturated heterocycles. The maximum absolute atomic E-state index is 12.7. The van der Waals surface area contributed by atoms with Gasteiger partial charge in [0.25, 0.3) is 6.43 Å². The van der Waals surface area contributed by atoms with Crippen LogP contribution in [0.2, 0.25) is 0 Å². The summed E-state index contributed by atoms with van der Waals surface area (Å²) < 4.78 is 29.7. The summed E-state index contributed by atoms with van der Waals surface area (Å²) in [6.45, 7) is 0. The Morgan fingerprint density at radius 2 is 2.29 bits per heavy atom. The van der Waals surface area contributed by atoms with Gasteiger partial charge in [-0.15, -0.1) is 11.6 Å². The van der Waals surface area contributed by atoms with Crippen LogP contribution < -0.4 is 0 Å². The molecule has 1 rings (SSSR count). The molecule has 0 aliphatic carbocycles. The highest BCUT2D eigenvalue weighted by molar-refractivity contribution is 6.17. The first-order chi connectivity index (χ1) is 7.99. The van der Waals surface area contributed by atoms with E-state index in [0.29, 0.717) is 0 Å². The average molecular weight is 266 g/mol. The molecule has 4 nitrogen and oxygen atoms in total. The first kappa shape index (κ1) is 13.6. The minimum atomic E-state index is -2.85. The highest BCUT2D eigenvalue weighted by atomic mass is 35.5. The predicted octanol–water partition coefficient (Wildman–Crippen LogP) is 2.18. The zero-order chi connectivity index (χ0) is 13.0. The third-order valence-electron chi connectivity index (χ3n) is 2.09. The number of carbonyl (C=O) groups is 1. The number of ether oxygens (including phenoxy) is 1. The van der Waals surface area contributed by atoms with Crippen LogP contribution in [0.5, 0.6) is 5.75 Å². The van der Waals surface area contributed by atoms with E-state index >= 15 is 0 Å². The number of aromatic hydroxyl groups is 1. The summed E-state index contributed by atoms with van der Waals surface area (Å²) in [4.78, 5) is 14.6. The molecule has 0 fully saturated rings. The Labute approximate surface area is 101 Å². The fraction of sp³-hybridized carbons (Fsp3) is 0.400. The van der Waals surface area contributed by atoms with Gasteiger partial charge in [0.2, 0.25) is 0 Å². The number of carbonyl (C=O) groups excluding carboxylic acids is 1. The average Bonchev–Trinajstić information content (AvgIpc) is 2.28. The predicted molar refractivity (Wildman–Crippen MR) is 56.1 cm³/mol. The van der Waals surface area contributed by atoms with Gasteiger partial charge in [0.1, 0.15) is 11.4 Å². The van der Waals surface area contributed by atoms with Gasteiger partial charge in [0.05, 0.1) is 25.1 Å². The highest BCUT2D eigenvalue weighted by Crippen LogP contribution is 2.27. The second-order valence-corrected chi connectivity index (χ2v) is 3.45.